The van der Waals surface area contributed by atoms with E-state index in [1.54, 1.807) is 6.07 Å². The van der Waals surface area contributed by atoms with E-state index in [0.717, 1.165) is 53.0 Å². The summed E-state index contributed by atoms with van der Waals surface area (Å²) in [4.78, 5) is 15.7. The highest BCUT2D eigenvalue weighted by molar-refractivity contribution is 9.10. The maximum Gasteiger partial charge on any atom is 0.354 e. The van der Waals surface area contributed by atoms with Crippen molar-refractivity contribution < 1.29 is 19.4 Å². The van der Waals surface area contributed by atoms with Crippen molar-refractivity contribution >= 4 is 21.9 Å². The van der Waals surface area contributed by atoms with Crippen LogP contribution < -0.4 is 4.74 Å². The maximum absolute atomic E-state index is 11.4. The minimum Gasteiger partial charge on any atom is -0.493 e. The van der Waals surface area contributed by atoms with Crippen LogP contribution in [0.1, 0.15) is 23.3 Å². The van der Waals surface area contributed by atoms with Crippen molar-refractivity contribution in [1.82, 2.24) is 4.98 Å². The highest BCUT2D eigenvalue weighted by Gasteiger charge is 2.18. The van der Waals surface area contributed by atoms with Crippen LogP contribution in [-0.4, -0.2) is 35.9 Å². The monoisotopic (exact) mass is 467 g/mol. The highest BCUT2D eigenvalue weighted by atomic mass is 79.9. The minimum absolute atomic E-state index is 0.0209. The molecule has 0 spiro atoms. The van der Waals surface area contributed by atoms with Crippen molar-refractivity contribution in [1.29, 1.82) is 0 Å². The van der Waals surface area contributed by atoms with Gasteiger partial charge in [-0.25, -0.2) is 9.78 Å². The van der Waals surface area contributed by atoms with E-state index >= 15 is 0 Å². The van der Waals surface area contributed by atoms with Crippen molar-refractivity contribution in [2.75, 3.05) is 19.8 Å². The number of pyridine rings is 1. The first-order valence-electron chi connectivity index (χ1n) is 9.92. The van der Waals surface area contributed by atoms with Gasteiger partial charge in [-0.1, -0.05) is 46.3 Å². The number of carbonyl (C=O) groups is 1. The molecule has 2 heterocycles. The maximum atomic E-state index is 11.4. The standard InChI is InChI=1S/C24H22BrNO4/c25-17-8-9-23(30-15-16-10-12-29-13-11-16)20(14-17)18-4-1-2-5-19(18)21-6-3-7-22(26-21)24(27)28/h1-9,14,16H,10-13,15H2,(H,27,28). The van der Waals surface area contributed by atoms with Gasteiger partial charge in [0, 0.05) is 28.8 Å². The van der Waals surface area contributed by atoms with Gasteiger partial charge in [0.1, 0.15) is 11.4 Å². The molecule has 30 heavy (non-hydrogen) atoms. The Balaban J connectivity index is 1.71. The van der Waals surface area contributed by atoms with Crippen LogP contribution in [-0.2, 0) is 4.74 Å². The molecule has 1 aliphatic heterocycles. The third kappa shape index (κ3) is 4.71. The average molecular weight is 468 g/mol. The molecule has 0 amide bonds. The van der Waals surface area contributed by atoms with E-state index in [1.807, 2.05) is 48.5 Å². The predicted molar refractivity (Wildman–Crippen MR) is 119 cm³/mol. The average Bonchev–Trinajstić information content (AvgIpc) is 2.79. The molecule has 154 valence electrons. The second-order valence-corrected chi connectivity index (χ2v) is 8.18. The first kappa shape index (κ1) is 20.6. The zero-order valence-electron chi connectivity index (χ0n) is 16.4. The van der Waals surface area contributed by atoms with Crippen molar-refractivity contribution in [3.05, 3.63) is 70.8 Å². The summed E-state index contributed by atoms with van der Waals surface area (Å²) in [6.07, 6.45) is 2.02. The summed E-state index contributed by atoms with van der Waals surface area (Å²) in [5.74, 6) is 0.239. The quantitative estimate of drug-likeness (QED) is 0.504. The van der Waals surface area contributed by atoms with Gasteiger partial charge in [0.2, 0.25) is 0 Å². The number of nitrogens with zero attached hydrogens (tertiary/aromatic N) is 1. The van der Waals surface area contributed by atoms with E-state index in [4.69, 9.17) is 9.47 Å². The summed E-state index contributed by atoms with van der Waals surface area (Å²) in [6, 6.07) is 18.8. The zero-order valence-corrected chi connectivity index (χ0v) is 18.0. The molecule has 0 atom stereocenters. The van der Waals surface area contributed by atoms with E-state index in [9.17, 15) is 9.90 Å². The Morgan fingerprint density at radius 3 is 2.57 bits per heavy atom. The Labute approximate surface area is 183 Å². The molecule has 0 radical (unpaired) electrons. The Kier molecular flexibility index (Phi) is 6.45. The van der Waals surface area contributed by atoms with E-state index in [-0.39, 0.29) is 5.69 Å². The Bertz CT molecular complexity index is 1050. The SMILES string of the molecule is O=C(O)c1cccc(-c2ccccc2-c2cc(Br)ccc2OCC2CCOCC2)n1. The van der Waals surface area contributed by atoms with Crippen molar-refractivity contribution in [3.63, 3.8) is 0 Å². The van der Waals surface area contributed by atoms with Gasteiger partial charge in [0.05, 0.1) is 12.3 Å². The molecular formula is C24H22BrNO4. The number of rotatable bonds is 6. The van der Waals surface area contributed by atoms with Gasteiger partial charge in [0.25, 0.3) is 0 Å². The highest BCUT2D eigenvalue weighted by Crippen LogP contribution is 2.38. The molecule has 1 N–H and O–H groups in total. The van der Waals surface area contributed by atoms with Gasteiger partial charge in [0.15, 0.2) is 0 Å². The third-order valence-corrected chi connectivity index (χ3v) is 5.71. The molecule has 0 aliphatic carbocycles. The summed E-state index contributed by atoms with van der Waals surface area (Å²) in [7, 11) is 0. The second-order valence-electron chi connectivity index (χ2n) is 7.27. The molecule has 0 bridgehead atoms. The van der Waals surface area contributed by atoms with Crippen LogP contribution in [0.15, 0.2) is 65.1 Å². The van der Waals surface area contributed by atoms with Gasteiger partial charge in [-0.3, -0.25) is 0 Å². The number of aromatic carboxylic acids is 1. The van der Waals surface area contributed by atoms with Gasteiger partial charge in [-0.05, 0) is 54.7 Å². The number of benzene rings is 2. The molecule has 1 aliphatic rings. The largest absolute Gasteiger partial charge is 0.493 e. The molecule has 0 unspecified atom stereocenters. The summed E-state index contributed by atoms with van der Waals surface area (Å²) >= 11 is 3.57. The normalized spacial score (nSPS) is 14.4. The Morgan fingerprint density at radius 2 is 1.80 bits per heavy atom. The number of hydrogen-bond acceptors (Lipinski definition) is 4. The number of aromatic nitrogens is 1. The molecule has 5 nitrogen and oxygen atoms in total. The van der Waals surface area contributed by atoms with Crippen LogP contribution in [0.4, 0.5) is 0 Å². The van der Waals surface area contributed by atoms with E-state index in [0.29, 0.717) is 18.2 Å². The van der Waals surface area contributed by atoms with E-state index < -0.39 is 5.97 Å². The van der Waals surface area contributed by atoms with Crippen LogP contribution >= 0.6 is 15.9 Å². The molecule has 3 aromatic rings. The summed E-state index contributed by atoms with van der Waals surface area (Å²) in [5, 5.41) is 9.32. The van der Waals surface area contributed by atoms with Crippen LogP contribution in [0, 0.1) is 5.92 Å². The minimum atomic E-state index is -1.04. The fourth-order valence-electron chi connectivity index (χ4n) is 3.60. The number of halogens is 1. The fraction of sp³-hybridized carbons (Fsp3) is 0.250. The molecule has 0 saturated carbocycles. The number of carboxylic acids is 1. The van der Waals surface area contributed by atoms with Crippen molar-refractivity contribution in [2.45, 2.75) is 12.8 Å². The number of carboxylic acid groups (broad SMARTS) is 1. The van der Waals surface area contributed by atoms with Crippen LogP contribution in [0.25, 0.3) is 22.4 Å². The smallest absolute Gasteiger partial charge is 0.354 e. The van der Waals surface area contributed by atoms with Crippen LogP contribution in [0.5, 0.6) is 5.75 Å². The summed E-state index contributed by atoms with van der Waals surface area (Å²) < 4.78 is 12.6. The molecule has 1 saturated heterocycles. The van der Waals surface area contributed by atoms with Crippen LogP contribution in [0.3, 0.4) is 0 Å². The second kappa shape index (κ2) is 9.41. The molecule has 4 rings (SSSR count). The van der Waals surface area contributed by atoms with E-state index in [1.165, 1.54) is 6.07 Å². The lowest BCUT2D eigenvalue weighted by Crippen LogP contribution is -2.21. The first-order valence-corrected chi connectivity index (χ1v) is 10.7. The lowest BCUT2D eigenvalue weighted by atomic mass is 9.96. The van der Waals surface area contributed by atoms with Gasteiger partial charge in [-0.2, -0.15) is 0 Å². The van der Waals surface area contributed by atoms with E-state index in [2.05, 4.69) is 20.9 Å². The third-order valence-electron chi connectivity index (χ3n) is 5.22. The molecule has 6 heteroatoms. The molecule has 1 fully saturated rings. The lowest BCUT2D eigenvalue weighted by Gasteiger charge is -2.23. The van der Waals surface area contributed by atoms with Gasteiger partial charge >= 0.3 is 5.97 Å². The fourth-order valence-corrected chi connectivity index (χ4v) is 3.97. The summed E-state index contributed by atoms with van der Waals surface area (Å²) in [6.45, 7) is 2.22. The number of hydrogen-bond donors (Lipinski definition) is 1. The van der Waals surface area contributed by atoms with Gasteiger partial charge < -0.3 is 14.6 Å². The first-order chi connectivity index (χ1) is 14.6. The molecular weight excluding hydrogens is 446 g/mol. The van der Waals surface area contributed by atoms with Crippen LogP contribution in [0.2, 0.25) is 0 Å². The summed E-state index contributed by atoms with van der Waals surface area (Å²) in [5.41, 5.74) is 3.37. The number of ether oxygens (including phenoxy) is 2. The molecule has 2 aromatic carbocycles. The Morgan fingerprint density at radius 1 is 1.03 bits per heavy atom. The lowest BCUT2D eigenvalue weighted by molar-refractivity contribution is 0.0498. The Hall–Kier alpha value is -2.70. The van der Waals surface area contributed by atoms with Crippen molar-refractivity contribution in [2.24, 2.45) is 5.92 Å². The topological polar surface area (TPSA) is 68.7 Å². The van der Waals surface area contributed by atoms with Gasteiger partial charge in [-0.15, -0.1) is 0 Å². The molecule has 1 aromatic heterocycles. The zero-order chi connectivity index (χ0) is 20.9. The predicted octanol–water partition coefficient (Wildman–Crippen LogP) is 5.68. The van der Waals surface area contributed by atoms with Crippen molar-refractivity contribution in [3.8, 4) is 28.1 Å².